The molecule has 122 valence electrons. The number of phenolic OH excluding ortho intramolecular Hbond substituents is 1. The molecule has 2 unspecified atom stereocenters. The van der Waals surface area contributed by atoms with Crippen LogP contribution in [0, 0.1) is 23.2 Å². The van der Waals surface area contributed by atoms with Crippen LogP contribution in [0.2, 0.25) is 0 Å². The Hall–Kier alpha value is -1.84. The SMILES string of the molecule is O=C(N/N=C\c1ccccc1O)C12CC3C[C@@H](CC[C@@H](C3)C1)C2. The van der Waals surface area contributed by atoms with Gasteiger partial charge in [0.15, 0.2) is 0 Å². The Morgan fingerprint density at radius 2 is 1.78 bits per heavy atom. The van der Waals surface area contributed by atoms with E-state index in [-0.39, 0.29) is 17.1 Å². The van der Waals surface area contributed by atoms with Crippen molar-refractivity contribution in [2.45, 2.75) is 44.9 Å². The molecule has 0 saturated heterocycles. The van der Waals surface area contributed by atoms with E-state index in [1.807, 2.05) is 6.07 Å². The van der Waals surface area contributed by atoms with Crippen LogP contribution < -0.4 is 5.43 Å². The number of hydrazone groups is 1. The molecule has 2 N–H and O–H groups in total. The van der Waals surface area contributed by atoms with Crippen LogP contribution in [0.25, 0.3) is 0 Å². The third kappa shape index (κ3) is 2.75. The van der Waals surface area contributed by atoms with Gasteiger partial charge in [0.1, 0.15) is 5.75 Å². The van der Waals surface area contributed by atoms with E-state index >= 15 is 0 Å². The topological polar surface area (TPSA) is 61.7 Å². The molecule has 4 aliphatic rings. The minimum atomic E-state index is -0.191. The van der Waals surface area contributed by atoms with Gasteiger partial charge in [-0.15, -0.1) is 0 Å². The van der Waals surface area contributed by atoms with Gasteiger partial charge < -0.3 is 5.11 Å². The first-order valence-electron chi connectivity index (χ1n) is 8.76. The molecule has 4 saturated carbocycles. The molecule has 4 bridgehead atoms. The summed E-state index contributed by atoms with van der Waals surface area (Å²) in [6.07, 6.45) is 9.91. The molecule has 0 radical (unpaired) electrons. The summed E-state index contributed by atoms with van der Waals surface area (Å²) in [5.41, 5.74) is 3.19. The van der Waals surface area contributed by atoms with Gasteiger partial charge in [-0.3, -0.25) is 4.79 Å². The van der Waals surface area contributed by atoms with E-state index in [1.54, 1.807) is 18.2 Å². The molecule has 1 aromatic rings. The lowest BCUT2D eigenvalue weighted by molar-refractivity contribution is -0.138. The Morgan fingerprint density at radius 3 is 2.48 bits per heavy atom. The number of rotatable bonds is 3. The van der Waals surface area contributed by atoms with Gasteiger partial charge in [-0.05, 0) is 62.0 Å². The van der Waals surface area contributed by atoms with Crippen LogP contribution in [0.5, 0.6) is 5.75 Å². The zero-order chi connectivity index (χ0) is 15.9. The molecule has 4 aliphatic carbocycles. The van der Waals surface area contributed by atoms with Crippen LogP contribution in [0.3, 0.4) is 0 Å². The number of amides is 1. The molecule has 0 heterocycles. The van der Waals surface area contributed by atoms with Crippen LogP contribution in [0.1, 0.15) is 50.5 Å². The van der Waals surface area contributed by atoms with Gasteiger partial charge in [0.2, 0.25) is 5.91 Å². The first-order valence-corrected chi connectivity index (χ1v) is 8.76. The van der Waals surface area contributed by atoms with Crippen molar-refractivity contribution in [3.05, 3.63) is 29.8 Å². The highest BCUT2D eigenvalue weighted by Crippen LogP contribution is 2.57. The fourth-order valence-corrected chi connectivity index (χ4v) is 5.35. The molecule has 0 aliphatic heterocycles. The average Bonchev–Trinajstić information content (AvgIpc) is 2.75. The number of hydrogen-bond acceptors (Lipinski definition) is 3. The summed E-state index contributed by atoms with van der Waals surface area (Å²) in [5.74, 6) is 2.47. The molecule has 23 heavy (non-hydrogen) atoms. The van der Waals surface area contributed by atoms with E-state index < -0.39 is 0 Å². The number of aromatic hydroxyl groups is 1. The maximum absolute atomic E-state index is 12.8. The number of carbonyl (C=O) groups excluding carboxylic acids is 1. The molecule has 1 amide bonds. The van der Waals surface area contributed by atoms with Gasteiger partial charge in [0.25, 0.3) is 0 Å². The summed E-state index contributed by atoms with van der Waals surface area (Å²) in [4.78, 5) is 12.8. The van der Waals surface area contributed by atoms with Crippen molar-refractivity contribution in [3.8, 4) is 5.75 Å². The van der Waals surface area contributed by atoms with Gasteiger partial charge in [-0.1, -0.05) is 25.0 Å². The third-order valence-electron chi connectivity index (χ3n) is 6.14. The normalized spacial score (nSPS) is 35.4. The van der Waals surface area contributed by atoms with E-state index in [1.165, 1.54) is 31.9 Å². The summed E-state index contributed by atoms with van der Waals surface area (Å²) in [7, 11) is 0. The second-order valence-corrected chi connectivity index (χ2v) is 7.80. The quantitative estimate of drug-likeness (QED) is 0.663. The number of carbonyl (C=O) groups is 1. The van der Waals surface area contributed by atoms with Crippen molar-refractivity contribution in [1.29, 1.82) is 0 Å². The number of hydrogen-bond donors (Lipinski definition) is 2. The first kappa shape index (κ1) is 14.7. The highest BCUT2D eigenvalue weighted by molar-refractivity contribution is 5.87. The van der Waals surface area contributed by atoms with Crippen LogP contribution in [-0.4, -0.2) is 17.2 Å². The minimum absolute atomic E-state index is 0.0884. The molecule has 4 fully saturated rings. The zero-order valence-electron chi connectivity index (χ0n) is 13.4. The maximum atomic E-state index is 12.8. The number of nitrogens with one attached hydrogen (secondary N) is 1. The van der Waals surface area contributed by atoms with E-state index in [0.717, 1.165) is 37.0 Å². The Kier molecular flexibility index (Phi) is 3.63. The standard InChI is InChI=1S/C19H24N2O2/c22-17-4-2-1-3-16(17)12-20-21-18(23)19-9-13-5-6-14(10-19)8-15(7-13)11-19/h1-4,12-15,22H,5-11H2,(H,21,23)/b20-12-/t13-,14+,15?,19?. The summed E-state index contributed by atoms with van der Waals surface area (Å²) in [6.45, 7) is 0. The number of nitrogens with zero attached hydrogens (tertiary/aromatic N) is 1. The summed E-state index contributed by atoms with van der Waals surface area (Å²) >= 11 is 0. The third-order valence-corrected chi connectivity index (χ3v) is 6.14. The highest BCUT2D eigenvalue weighted by atomic mass is 16.3. The monoisotopic (exact) mass is 312 g/mol. The maximum Gasteiger partial charge on any atom is 0.246 e. The Labute approximate surface area is 137 Å². The smallest absolute Gasteiger partial charge is 0.246 e. The number of para-hydroxylation sites is 1. The largest absolute Gasteiger partial charge is 0.507 e. The summed E-state index contributed by atoms with van der Waals surface area (Å²) in [6, 6.07) is 7.00. The second-order valence-electron chi connectivity index (χ2n) is 7.80. The molecule has 4 nitrogen and oxygen atoms in total. The summed E-state index contributed by atoms with van der Waals surface area (Å²) in [5, 5.41) is 13.8. The molecule has 0 spiro atoms. The van der Waals surface area contributed by atoms with E-state index in [9.17, 15) is 9.90 Å². The predicted octanol–water partition coefficient (Wildman–Crippen LogP) is 3.45. The van der Waals surface area contributed by atoms with Crippen LogP contribution in [-0.2, 0) is 4.79 Å². The second kappa shape index (κ2) is 5.66. The van der Waals surface area contributed by atoms with Gasteiger partial charge in [-0.25, -0.2) is 5.43 Å². The predicted molar refractivity (Wildman–Crippen MR) is 89.1 cm³/mol. The lowest BCUT2D eigenvalue weighted by atomic mass is 9.58. The van der Waals surface area contributed by atoms with Crippen molar-refractivity contribution >= 4 is 12.1 Å². The number of fused-ring (bicyclic) bond motifs is 1. The molecule has 1 aromatic carbocycles. The van der Waals surface area contributed by atoms with Crippen molar-refractivity contribution < 1.29 is 9.90 Å². The van der Waals surface area contributed by atoms with Crippen molar-refractivity contribution in [3.63, 3.8) is 0 Å². The van der Waals surface area contributed by atoms with Gasteiger partial charge in [0.05, 0.1) is 11.6 Å². The Balaban J connectivity index is 1.48. The molecule has 4 heteroatoms. The van der Waals surface area contributed by atoms with E-state index in [4.69, 9.17) is 0 Å². The fraction of sp³-hybridized carbons (Fsp3) is 0.579. The van der Waals surface area contributed by atoms with Crippen LogP contribution >= 0.6 is 0 Å². The van der Waals surface area contributed by atoms with Gasteiger partial charge in [-0.2, -0.15) is 5.10 Å². The van der Waals surface area contributed by atoms with Gasteiger partial charge >= 0.3 is 0 Å². The molecule has 4 atom stereocenters. The number of benzene rings is 1. The lowest BCUT2D eigenvalue weighted by Gasteiger charge is -2.46. The van der Waals surface area contributed by atoms with Crippen molar-refractivity contribution in [2.75, 3.05) is 0 Å². The lowest BCUT2D eigenvalue weighted by Crippen LogP contribution is -2.47. The molecular weight excluding hydrogens is 288 g/mol. The van der Waals surface area contributed by atoms with Crippen LogP contribution in [0.15, 0.2) is 29.4 Å². The Bertz CT molecular complexity index is 624. The van der Waals surface area contributed by atoms with Crippen LogP contribution in [0.4, 0.5) is 0 Å². The molecule has 0 aromatic heterocycles. The molecule has 5 rings (SSSR count). The van der Waals surface area contributed by atoms with Crippen molar-refractivity contribution in [1.82, 2.24) is 5.43 Å². The fourth-order valence-electron chi connectivity index (χ4n) is 5.35. The van der Waals surface area contributed by atoms with Crippen molar-refractivity contribution in [2.24, 2.45) is 28.3 Å². The number of phenols is 1. The molecular formula is C19H24N2O2. The Morgan fingerprint density at radius 1 is 1.13 bits per heavy atom. The first-order chi connectivity index (χ1) is 11.1. The van der Waals surface area contributed by atoms with Gasteiger partial charge in [0, 0.05) is 5.56 Å². The highest BCUT2D eigenvalue weighted by Gasteiger charge is 2.52. The van der Waals surface area contributed by atoms with E-state index in [0.29, 0.717) is 5.56 Å². The zero-order valence-corrected chi connectivity index (χ0v) is 13.4. The summed E-state index contributed by atoms with van der Waals surface area (Å²) < 4.78 is 0. The van der Waals surface area contributed by atoms with E-state index in [2.05, 4.69) is 10.5 Å². The average molecular weight is 312 g/mol. The minimum Gasteiger partial charge on any atom is -0.507 e.